The zero-order valence-corrected chi connectivity index (χ0v) is 12.8. The fourth-order valence-electron chi connectivity index (χ4n) is 1.84. The molecule has 1 N–H and O–H groups in total. The topological polar surface area (TPSA) is 65.4 Å². The number of nitrogens with one attached hydrogen (secondary N) is 1. The average molecular weight is 289 g/mol. The van der Waals surface area contributed by atoms with Gasteiger partial charge in [-0.1, -0.05) is 0 Å². The van der Waals surface area contributed by atoms with Crippen molar-refractivity contribution in [3.05, 3.63) is 29.8 Å². The molecule has 0 atom stereocenters. The number of anilines is 1. The maximum Gasteiger partial charge on any atom is 0.224 e. The van der Waals surface area contributed by atoms with Crippen LogP contribution in [0.3, 0.4) is 0 Å². The van der Waals surface area contributed by atoms with Crippen LogP contribution in [0.1, 0.15) is 25.3 Å². The van der Waals surface area contributed by atoms with Crippen molar-refractivity contribution >= 4 is 11.6 Å². The molecule has 114 valence electrons. The number of hydrogen-bond donors (Lipinski definition) is 1. The second-order valence-corrected chi connectivity index (χ2v) is 4.84. The summed E-state index contributed by atoms with van der Waals surface area (Å²) in [5.41, 5.74) is 1.31. The third kappa shape index (κ3) is 7.45. The Labute approximate surface area is 126 Å². The lowest BCUT2D eigenvalue weighted by Gasteiger charge is -2.16. The van der Waals surface area contributed by atoms with E-state index in [1.165, 1.54) is 0 Å². The van der Waals surface area contributed by atoms with Crippen LogP contribution in [-0.2, 0) is 9.53 Å². The maximum absolute atomic E-state index is 11.8. The minimum absolute atomic E-state index is 0.00193. The Kier molecular flexibility index (Phi) is 8.10. The Morgan fingerprint density at radius 1 is 1.33 bits per heavy atom. The number of ether oxygens (including phenoxy) is 1. The summed E-state index contributed by atoms with van der Waals surface area (Å²) in [7, 11) is 2.03. The van der Waals surface area contributed by atoms with E-state index in [0.717, 1.165) is 38.4 Å². The molecule has 21 heavy (non-hydrogen) atoms. The zero-order valence-electron chi connectivity index (χ0n) is 12.8. The molecule has 5 heteroatoms. The first-order chi connectivity index (χ1) is 10.2. The van der Waals surface area contributed by atoms with Crippen molar-refractivity contribution in [1.82, 2.24) is 4.90 Å². The van der Waals surface area contributed by atoms with Gasteiger partial charge in [-0.3, -0.25) is 4.79 Å². The van der Waals surface area contributed by atoms with E-state index >= 15 is 0 Å². The van der Waals surface area contributed by atoms with Crippen LogP contribution in [0.2, 0.25) is 0 Å². The van der Waals surface area contributed by atoms with Crippen molar-refractivity contribution in [3.8, 4) is 6.07 Å². The number of hydrogen-bond acceptors (Lipinski definition) is 4. The molecule has 1 aromatic carbocycles. The first-order valence-electron chi connectivity index (χ1n) is 7.22. The van der Waals surface area contributed by atoms with Crippen LogP contribution in [-0.4, -0.2) is 44.2 Å². The molecule has 0 spiro atoms. The van der Waals surface area contributed by atoms with E-state index in [9.17, 15) is 4.79 Å². The normalized spacial score (nSPS) is 10.4. The molecule has 5 nitrogen and oxygen atoms in total. The predicted octanol–water partition coefficient (Wildman–Crippen LogP) is 2.25. The number of benzene rings is 1. The highest BCUT2D eigenvalue weighted by Crippen LogP contribution is 2.09. The third-order valence-electron chi connectivity index (χ3n) is 3.06. The van der Waals surface area contributed by atoms with E-state index in [0.29, 0.717) is 12.0 Å². The second kappa shape index (κ2) is 9.92. The summed E-state index contributed by atoms with van der Waals surface area (Å²) >= 11 is 0. The molecule has 1 aromatic rings. The van der Waals surface area contributed by atoms with E-state index < -0.39 is 0 Å². The molecule has 0 unspecified atom stereocenters. The Morgan fingerprint density at radius 2 is 2.05 bits per heavy atom. The van der Waals surface area contributed by atoms with Crippen LogP contribution in [0.15, 0.2) is 24.3 Å². The maximum atomic E-state index is 11.8. The van der Waals surface area contributed by atoms with Crippen molar-refractivity contribution in [2.75, 3.05) is 38.7 Å². The summed E-state index contributed by atoms with van der Waals surface area (Å²) in [6, 6.07) is 8.91. The highest BCUT2D eigenvalue weighted by molar-refractivity contribution is 5.90. The van der Waals surface area contributed by atoms with Crippen molar-refractivity contribution in [1.29, 1.82) is 5.26 Å². The largest absolute Gasteiger partial charge is 0.380 e. The molecule has 1 rings (SSSR count). The molecule has 0 heterocycles. The quantitative estimate of drug-likeness (QED) is 0.708. The fourth-order valence-corrected chi connectivity index (χ4v) is 1.84. The van der Waals surface area contributed by atoms with Gasteiger partial charge in [0.2, 0.25) is 5.91 Å². The van der Waals surface area contributed by atoms with Gasteiger partial charge in [-0.05, 0) is 51.2 Å². The molecule has 0 bridgehead atoms. The molecule has 0 aromatic heterocycles. The van der Waals surface area contributed by atoms with Gasteiger partial charge in [-0.2, -0.15) is 5.26 Å². The van der Waals surface area contributed by atoms with Crippen LogP contribution in [0.5, 0.6) is 0 Å². The molecule has 0 fully saturated rings. The summed E-state index contributed by atoms with van der Waals surface area (Å²) in [6.07, 6.45) is 1.30. The van der Waals surface area contributed by atoms with Gasteiger partial charge in [0.1, 0.15) is 0 Å². The smallest absolute Gasteiger partial charge is 0.224 e. The van der Waals surface area contributed by atoms with E-state index in [-0.39, 0.29) is 5.91 Å². The number of nitrogens with zero attached hydrogens (tertiary/aromatic N) is 2. The summed E-state index contributed by atoms with van der Waals surface area (Å²) in [5, 5.41) is 11.5. The molecular weight excluding hydrogens is 266 g/mol. The Hall–Kier alpha value is -1.90. The molecular formula is C16H23N3O2. The van der Waals surface area contributed by atoms with Crippen LogP contribution >= 0.6 is 0 Å². The number of amides is 1. The minimum atomic E-state index is -0.00193. The first-order valence-corrected chi connectivity index (χ1v) is 7.22. The van der Waals surface area contributed by atoms with E-state index in [2.05, 4.69) is 10.2 Å². The van der Waals surface area contributed by atoms with Gasteiger partial charge in [0.25, 0.3) is 0 Å². The first kappa shape index (κ1) is 17.2. The Morgan fingerprint density at radius 3 is 2.67 bits per heavy atom. The molecule has 0 radical (unpaired) electrons. The average Bonchev–Trinajstić information content (AvgIpc) is 2.48. The van der Waals surface area contributed by atoms with Gasteiger partial charge < -0.3 is 15.0 Å². The van der Waals surface area contributed by atoms with Crippen molar-refractivity contribution in [2.45, 2.75) is 19.8 Å². The molecule has 0 aliphatic carbocycles. The monoisotopic (exact) mass is 289 g/mol. The number of rotatable bonds is 9. The van der Waals surface area contributed by atoms with Crippen molar-refractivity contribution < 1.29 is 9.53 Å². The standard InChI is InChI=1S/C16H23N3O2/c1-3-21-12-11-19(2)10-4-5-16(20)18-15-8-6-14(13-17)7-9-15/h6-9H,3-5,10-12H2,1-2H3,(H,18,20). The summed E-state index contributed by atoms with van der Waals surface area (Å²) < 4.78 is 5.29. The van der Waals surface area contributed by atoms with Gasteiger partial charge >= 0.3 is 0 Å². The second-order valence-electron chi connectivity index (χ2n) is 4.84. The lowest BCUT2D eigenvalue weighted by Crippen LogP contribution is -2.25. The number of nitriles is 1. The SMILES string of the molecule is CCOCCN(C)CCCC(=O)Nc1ccc(C#N)cc1. The molecule has 0 aliphatic heterocycles. The highest BCUT2D eigenvalue weighted by atomic mass is 16.5. The Balaban J connectivity index is 2.20. The highest BCUT2D eigenvalue weighted by Gasteiger charge is 2.04. The van der Waals surface area contributed by atoms with Crippen molar-refractivity contribution in [2.24, 2.45) is 0 Å². The number of likely N-dealkylation sites (N-methyl/N-ethyl adjacent to an activating group) is 1. The van der Waals surface area contributed by atoms with Crippen LogP contribution in [0.4, 0.5) is 5.69 Å². The van der Waals surface area contributed by atoms with Gasteiger partial charge in [0, 0.05) is 25.3 Å². The van der Waals surface area contributed by atoms with Gasteiger partial charge in [-0.15, -0.1) is 0 Å². The van der Waals surface area contributed by atoms with E-state index in [1.54, 1.807) is 24.3 Å². The van der Waals surface area contributed by atoms with E-state index in [4.69, 9.17) is 10.00 Å². The van der Waals surface area contributed by atoms with Crippen LogP contribution in [0, 0.1) is 11.3 Å². The molecule has 0 saturated heterocycles. The Bertz CT molecular complexity index is 465. The summed E-state index contributed by atoms with van der Waals surface area (Å²) in [6.45, 7) is 5.19. The third-order valence-corrected chi connectivity index (χ3v) is 3.06. The fraction of sp³-hybridized carbons (Fsp3) is 0.500. The van der Waals surface area contributed by atoms with Gasteiger partial charge in [-0.25, -0.2) is 0 Å². The summed E-state index contributed by atoms with van der Waals surface area (Å²) in [5.74, 6) is -0.00193. The zero-order chi connectivity index (χ0) is 15.5. The number of carbonyl (C=O) groups excluding carboxylic acids is 1. The molecule has 0 saturated carbocycles. The molecule has 1 amide bonds. The van der Waals surface area contributed by atoms with E-state index in [1.807, 2.05) is 20.0 Å². The van der Waals surface area contributed by atoms with Crippen molar-refractivity contribution in [3.63, 3.8) is 0 Å². The minimum Gasteiger partial charge on any atom is -0.380 e. The lowest BCUT2D eigenvalue weighted by atomic mass is 10.2. The number of carbonyl (C=O) groups is 1. The van der Waals surface area contributed by atoms with Crippen LogP contribution < -0.4 is 5.32 Å². The molecule has 0 aliphatic rings. The van der Waals surface area contributed by atoms with Crippen LogP contribution in [0.25, 0.3) is 0 Å². The van der Waals surface area contributed by atoms with Gasteiger partial charge in [0.15, 0.2) is 0 Å². The lowest BCUT2D eigenvalue weighted by molar-refractivity contribution is -0.116. The predicted molar refractivity (Wildman–Crippen MR) is 83.0 cm³/mol. The summed E-state index contributed by atoms with van der Waals surface area (Å²) in [4.78, 5) is 13.9. The van der Waals surface area contributed by atoms with Gasteiger partial charge in [0.05, 0.1) is 18.2 Å².